The first-order valence-corrected chi connectivity index (χ1v) is 6.98. The first-order valence-electron chi connectivity index (χ1n) is 6.98. The fourth-order valence-electron chi connectivity index (χ4n) is 2.32. The van der Waals surface area contributed by atoms with Crippen molar-refractivity contribution in [2.75, 3.05) is 30.8 Å². The van der Waals surface area contributed by atoms with Crippen LogP contribution in [0.4, 0.5) is 11.4 Å². The molecule has 0 aliphatic carbocycles. The van der Waals surface area contributed by atoms with E-state index in [4.69, 9.17) is 15.2 Å². The molecule has 1 aliphatic heterocycles. The van der Waals surface area contributed by atoms with Crippen LogP contribution in [0, 0.1) is 0 Å². The topological polar surface area (TPSA) is 73.6 Å². The van der Waals surface area contributed by atoms with Crippen molar-refractivity contribution in [3.8, 4) is 0 Å². The van der Waals surface area contributed by atoms with Crippen molar-refractivity contribution in [3.63, 3.8) is 0 Å². The highest BCUT2D eigenvalue weighted by Gasteiger charge is 2.29. The van der Waals surface area contributed by atoms with Crippen LogP contribution in [0.3, 0.4) is 0 Å². The first kappa shape index (κ1) is 14.7. The number of hydrogen-bond donors (Lipinski definition) is 2. The van der Waals surface area contributed by atoms with Crippen LogP contribution >= 0.6 is 0 Å². The zero-order chi connectivity index (χ0) is 14.6. The molecule has 20 heavy (non-hydrogen) atoms. The Bertz CT molecular complexity index is 482. The molecule has 0 radical (unpaired) electrons. The van der Waals surface area contributed by atoms with Crippen molar-refractivity contribution in [1.82, 2.24) is 0 Å². The number of ether oxygens (including phenoxy) is 2. The van der Waals surface area contributed by atoms with Crippen LogP contribution in [0.15, 0.2) is 18.2 Å². The number of carbonyl (C=O) groups is 1. The molecule has 5 nitrogen and oxygen atoms in total. The summed E-state index contributed by atoms with van der Waals surface area (Å²) < 4.78 is 10.7. The number of rotatable bonds is 5. The van der Waals surface area contributed by atoms with E-state index in [9.17, 15) is 4.79 Å². The van der Waals surface area contributed by atoms with E-state index in [2.05, 4.69) is 12.2 Å². The zero-order valence-corrected chi connectivity index (χ0v) is 12.1. The molecule has 0 amide bonds. The lowest BCUT2D eigenvalue weighted by atomic mass is 10.0. The van der Waals surface area contributed by atoms with Crippen LogP contribution in [0.2, 0.25) is 0 Å². The van der Waals surface area contributed by atoms with Crippen molar-refractivity contribution in [2.24, 2.45) is 0 Å². The smallest absolute Gasteiger partial charge is 0.340 e. The van der Waals surface area contributed by atoms with E-state index < -0.39 is 5.97 Å². The minimum absolute atomic E-state index is 0.133. The highest BCUT2D eigenvalue weighted by molar-refractivity contribution is 5.96. The van der Waals surface area contributed by atoms with Crippen molar-refractivity contribution in [3.05, 3.63) is 23.8 Å². The lowest BCUT2D eigenvalue weighted by Crippen LogP contribution is -2.32. The van der Waals surface area contributed by atoms with Gasteiger partial charge in [-0.3, -0.25) is 0 Å². The number of hydrogen-bond acceptors (Lipinski definition) is 5. The van der Waals surface area contributed by atoms with Crippen LogP contribution < -0.4 is 11.1 Å². The molecule has 1 fully saturated rings. The van der Waals surface area contributed by atoms with Gasteiger partial charge < -0.3 is 20.5 Å². The minimum Gasteiger partial charge on any atom is -0.462 e. The highest BCUT2D eigenvalue weighted by Crippen LogP contribution is 2.26. The summed E-state index contributed by atoms with van der Waals surface area (Å²) in [6, 6.07) is 5.30. The molecule has 1 aromatic carbocycles. The van der Waals surface area contributed by atoms with Crippen LogP contribution in [0.5, 0.6) is 0 Å². The molecule has 1 aliphatic rings. The summed E-state index contributed by atoms with van der Waals surface area (Å²) in [6.07, 6.45) is 2.13. The van der Waals surface area contributed by atoms with E-state index in [0.29, 0.717) is 24.4 Å². The SMILES string of the molecule is CCOC(=O)c1cc(NCC2(C)CCCO2)ccc1N. The number of anilines is 2. The predicted octanol–water partition coefficient (Wildman–Crippen LogP) is 2.43. The van der Waals surface area contributed by atoms with Gasteiger partial charge in [0.1, 0.15) is 0 Å². The average Bonchev–Trinajstić information content (AvgIpc) is 2.85. The molecule has 1 aromatic rings. The largest absolute Gasteiger partial charge is 0.462 e. The fourth-order valence-corrected chi connectivity index (χ4v) is 2.32. The van der Waals surface area contributed by atoms with Gasteiger partial charge in [0, 0.05) is 24.5 Å². The lowest BCUT2D eigenvalue weighted by Gasteiger charge is -2.24. The quantitative estimate of drug-likeness (QED) is 0.639. The second kappa shape index (κ2) is 6.13. The third-order valence-corrected chi connectivity index (χ3v) is 3.52. The predicted molar refractivity (Wildman–Crippen MR) is 78.9 cm³/mol. The standard InChI is InChI=1S/C15H22N2O3/c1-3-19-14(18)12-9-11(5-6-13(12)16)17-10-15(2)7-4-8-20-15/h5-6,9,17H,3-4,7-8,10,16H2,1-2H3. The Hall–Kier alpha value is -1.75. The number of benzene rings is 1. The molecule has 110 valence electrons. The van der Waals surface area contributed by atoms with Crippen LogP contribution in [-0.4, -0.2) is 31.3 Å². The molecule has 1 atom stereocenters. The number of esters is 1. The Morgan fingerprint density at radius 2 is 2.35 bits per heavy atom. The molecule has 0 saturated carbocycles. The van der Waals surface area contributed by atoms with Gasteiger partial charge in [0.2, 0.25) is 0 Å². The maximum absolute atomic E-state index is 11.8. The third kappa shape index (κ3) is 3.42. The van der Waals surface area contributed by atoms with Crippen LogP contribution in [-0.2, 0) is 9.47 Å². The molecule has 3 N–H and O–H groups in total. The molecule has 1 unspecified atom stereocenters. The van der Waals surface area contributed by atoms with Crippen LogP contribution in [0.25, 0.3) is 0 Å². The average molecular weight is 278 g/mol. The molecule has 0 bridgehead atoms. The van der Waals surface area contributed by atoms with E-state index in [0.717, 1.165) is 25.1 Å². The molecule has 2 rings (SSSR count). The maximum atomic E-state index is 11.8. The van der Waals surface area contributed by atoms with E-state index in [-0.39, 0.29) is 5.60 Å². The second-order valence-electron chi connectivity index (χ2n) is 5.28. The highest BCUT2D eigenvalue weighted by atomic mass is 16.5. The summed E-state index contributed by atoms with van der Waals surface area (Å²) >= 11 is 0. The molecule has 1 heterocycles. The van der Waals surface area contributed by atoms with Gasteiger partial charge in [0.05, 0.1) is 17.8 Å². The van der Waals surface area contributed by atoms with Crippen molar-refractivity contribution in [1.29, 1.82) is 0 Å². The van der Waals surface area contributed by atoms with Crippen molar-refractivity contribution >= 4 is 17.3 Å². The van der Waals surface area contributed by atoms with E-state index in [1.54, 1.807) is 19.1 Å². The normalized spacial score (nSPS) is 21.7. The Balaban J connectivity index is 2.05. The number of nitrogen functional groups attached to an aromatic ring is 1. The summed E-state index contributed by atoms with van der Waals surface area (Å²) in [7, 11) is 0. The fraction of sp³-hybridized carbons (Fsp3) is 0.533. The van der Waals surface area contributed by atoms with Gasteiger partial charge in [-0.15, -0.1) is 0 Å². The summed E-state index contributed by atoms with van der Waals surface area (Å²) in [5.41, 5.74) is 7.35. The maximum Gasteiger partial charge on any atom is 0.340 e. The lowest BCUT2D eigenvalue weighted by molar-refractivity contribution is 0.0315. The molecule has 5 heteroatoms. The van der Waals surface area contributed by atoms with Gasteiger partial charge in [-0.2, -0.15) is 0 Å². The molecule has 0 aromatic heterocycles. The van der Waals surface area contributed by atoms with Crippen molar-refractivity contribution in [2.45, 2.75) is 32.3 Å². The zero-order valence-electron chi connectivity index (χ0n) is 12.1. The summed E-state index contributed by atoms with van der Waals surface area (Å²) in [6.45, 7) is 5.72. The van der Waals surface area contributed by atoms with Gasteiger partial charge in [-0.1, -0.05) is 0 Å². The van der Waals surface area contributed by atoms with Gasteiger partial charge in [-0.25, -0.2) is 4.79 Å². The molecule has 1 saturated heterocycles. The Morgan fingerprint density at radius 1 is 1.55 bits per heavy atom. The molecular formula is C15H22N2O3. The van der Waals surface area contributed by atoms with Gasteiger partial charge in [-0.05, 0) is 44.9 Å². The van der Waals surface area contributed by atoms with Gasteiger partial charge in [0.15, 0.2) is 0 Å². The molecular weight excluding hydrogens is 256 g/mol. The summed E-state index contributed by atoms with van der Waals surface area (Å²) in [5, 5.41) is 3.30. The summed E-state index contributed by atoms with van der Waals surface area (Å²) in [4.78, 5) is 11.8. The summed E-state index contributed by atoms with van der Waals surface area (Å²) in [5.74, 6) is -0.392. The Morgan fingerprint density at radius 3 is 3.00 bits per heavy atom. The van der Waals surface area contributed by atoms with Gasteiger partial charge >= 0.3 is 5.97 Å². The second-order valence-corrected chi connectivity index (χ2v) is 5.28. The number of nitrogens with two attached hydrogens (primary N) is 1. The number of nitrogens with one attached hydrogen (secondary N) is 1. The minimum atomic E-state index is -0.392. The van der Waals surface area contributed by atoms with Crippen molar-refractivity contribution < 1.29 is 14.3 Å². The number of carbonyl (C=O) groups excluding carboxylic acids is 1. The van der Waals surface area contributed by atoms with Gasteiger partial charge in [0.25, 0.3) is 0 Å². The third-order valence-electron chi connectivity index (χ3n) is 3.52. The van der Waals surface area contributed by atoms with E-state index >= 15 is 0 Å². The molecule has 0 spiro atoms. The van der Waals surface area contributed by atoms with Crippen LogP contribution in [0.1, 0.15) is 37.0 Å². The Kier molecular flexibility index (Phi) is 4.49. The Labute approximate surface area is 119 Å². The van der Waals surface area contributed by atoms with E-state index in [1.807, 2.05) is 6.07 Å². The first-order chi connectivity index (χ1) is 9.54. The van der Waals surface area contributed by atoms with E-state index in [1.165, 1.54) is 0 Å². The monoisotopic (exact) mass is 278 g/mol.